The van der Waals surface area contributed by atoms with E-state index in [1.54, 1.807) is 17.8 Å². The van der Waals surface area contributed by atoms with Crippen molar-refractivity contribution >= 4 is 23.2 Å². The number of methoxy groups -OCH3 is 1. The molecular formula is C15H16N2O3S. The summed E-state index contributed by atoms with van der Waals surface area (Å²) < 4.78 is 4.75. The maximum atomic E-state index is 12.5. The van der Waals surface area contributed by atoms with Gasteiger partial charge in [0.05, 0.1) is 12.6 Å². The van der Waals surface area contributed by atoms with E-state index in [1.165, 1.54) is 23.3 Å². The number of benzene rings is 1. The molecule has 0 aliphatic carbocycles. The Morgan fingerprint density at radius 2 is 2.05 bits per heavy atom. The Morgan fingerprint density at radius 3 is 2.62 bits per heavy atom. The molecule has 0 aliphatic rings. The maximum absolute atomic E-state index is 12.5. The fourth-order valence-electron chi connectivity index (χ4n) is 1.93. The minimum Gasteiger partial charge on any atom is -0.467 e. The molecule has 110 valence electrons. The molecule has 0 fully saturated rings. The number of carbonyl (C=O) groups excluding carboxylic acids is 2. The molecule has 1 amide bonds. The van der Waals surface area contributed by atoms with Crippen LogP contribution in [0.15, 0.2) is 41.2 Å². The van der Waals surface area contributed by atoms with Crippen LogP contribution in [0.4, 0.5) is 0 Å². The first-order chi connectivity index (χ1) is 10.1. The second-order valence-electron chi connectivity index (χ2n) is 4.49. The van der Waals surface area contributed by atoms with Gasteiger partial charge >= 0.3 is 5.97 Å². The molecule has 5 nitrogen and oxygen atoms in total. The summed E-state index contributed by atoms with van der Waals surface area (Å²) in [5.74, 6) is -0.729. The number of hydrogen-bond acceptors (Lipinski definition) is 5. The Labute approximate surface area is 127 Å². The molecule has 0 aliphatic heterocycles. The Balaban J connectivity index is 2.26. The second kappa shape index (κ2) is 6.99. The highest BCUT2D eigenvalue weighted by Crippen LogP contribution is 2.14. The van der Waals surface area contributed by atoms with Crippen LogP contribution in [-0.4, -0.2) is 34.9 Å². The Hall–Kier alpha value is -2.21. The summed E-state index contributed by atoms with van der Waals surface area (Å²) >= 11 is 1.34. The SMILES string of the molecule is COC(=O)[C@H](C)N(Cc1ccccc1)C(=O)c1cscn1. The number of amides is 1. The van der Waals surface area contributed by atoms with E-state index in [0.29, 0.717) is 12.2 Å². The second-order valence-corrected chi connectivity index (χ2v) is 5.21. The summed E-state index contributed by atoms with van der Waals surface area (Å²) in [4.78, 5) is 29.8. The third kappa shape index (κ3) is 3.66. The number of aromatic nitrogens is 1. The van der Waals surface area contributed by atoms with E-state index in [-0.39, 0.29) is 5.91 Å². The van der Waals surface area contributed by atoms with Gasteiger partial charge in [-0.05, 0) is 12.5 Å². The van der Waals surface area contributed by atoms with Crippen molar-refractivity contribution in [1.29, 1.82) is 0 Å². The van der Waals surface area contributed by atoms with Crippen molar-refractivity contribution in [2.24, 2.45) is 0 Å². The van der Waals surface area contributed by atoms with Crippen LogP contribution < -0.4 is 0 Å². The lowest BCUT2D eigenvalue weighted by atomic mass is 10.1. The zero-order valence-electron chi connectivity index (χ0n) is 11.9. The topological polar surface area (TPSA) is 59.5 Å². The van der Waals surface area contributed by atoms with Crippen molar-refractivity contribution in [2.45, 2.75) is 19.5 Å². The average Bonchev–Trinajstić information content (AvgIpc) is 3.06. The van der Waals surface area contributed by atoms with Crippen LogP contribution in [0, 0.1) is 0 Å². The van der Waals surface area contributed by atoms with Gasteiger partial charge in [0.1, 0.15) is 11.7 Å². The molecule has 1 aromatic carbocycles. The predicted molar refractivity (Wildman–Crippen MR) is 79.9 cm³/mol. The first-order valence-electron chi connectivity index (χ1n) is 6.44. The Morgan fingerprint density at radius 1 is 1.33 bits per heavy atom. The summed E-state index contributed by atoms with van der Waals surface area (Å²) in [6, 6.07) is 8.83. The van der Waals surface area contributed by atoms with E-state index in [2.05, 4.69) is 4.98 Å². The van der Waals surface area contributed by atoms with Gasteiger partial charge in [-0.25, -0.2) is 9.78 Å². The van der Waals surface area contributed by atoms with Crippen molar-refractivity contribution in [2.75, 3.05) is 7.11 Å². The summed E-state index contributed by atoms with van der Waals surface area (Å²) in [6.45, 7) is 1.98. The lowest BCUT2D eigenvalue weighted by Gasteiger charge is -2.27. The van der Waals surface area contributed by atoms with Crippen molar-refractivity contribution in [1.82, 2.24) is 9.88 Å². The van der Waals surface area contributed by atoms with E-state index in [9.17, 15) is 9.59 Å². The molecular weight excluding hydrogens is 288 g/mol. The molecule has 2 rings (SSSR count). The zero-order valence-corrected chi connectivity index (χ0v) is 12.7. The van der Waals surface area contributed by atoms with Crippen LogP contribution in [0.5, 0.6) is 0 Å². The zero-order chi connectivity index (χ0) is 15.2. The normalized spacial score (nSPS) is 11.7. The standard InChI is InChI=1S/C15H16N2O3S/c1-11(15(19)20-2)17(8-12-6-4-3-5-7-12)14(18)13-9-21-10-16-13/h3-7,9-11H,8H2,1-2H3/t11-/m0/s1. The molecule has 1 aromatic heterocycles. The average molecular weight is 304 g/mol. The highest BCUT2D eigenvalue weighted by Gasteiger charge is 2.28. The number of esters is 1. The molecule has 0 unspecified atom stereocenters. The lowest BCUT2D eigenvalue weighted by Crippen LogP contribution is -2.43. The minimum absolute atomic E-state index is 0.280. The highest BCUT2D eigenvalue weighted by atomic mass is 32.1. The van der Waals surface area contributed by atoms with E-state index >= 15 is 0 Å². The number of ether oxygens (including phenoxy) is 1. The Bertz CT molecular complexity index is 599. The van der Waals surface area contributed by atoms with Crippen LogP contribution in [-0.2, 0) is 16.1 Å². The van der Waals surface area contributed by atoms with Gasteiger partial charge in [-0.1, -0.05) is 30.3 Å². The number of carbonyl (C=O) groups is 2. The summed E-state index contributed by atoms with van der Waals surface area (Å²) in [5.41, 5.74) is 2.88. The first kappa shape index (κ1) is 15.2. The number of nitrogens with zero attached hydrogens (tertiary/aromatic N) is 2. The summed E-state index contributed by atoms with van der Waals surface area (Å²) in [6.07, 6.45) is 0. The van der Waals surface area contributed by atoms with Crippen molar-refractivity contribution in [3.05, 3.63) is 52.5 Å². The third-order valence-electron chi connectivity index (χ3n) is 3.12. The number of rotatable bonds is 5. The monoisotopic (exact) mass is 304 g/mol. The third-order valence-corrected chi connectivity index (χ3v) is 3.70. The number of hydrogen-bond donors (Lipinski definition) is 0. The largest absolute Gasteiger partial charge is 0.467 e. The predicted octanol–water partition coefficient (Wildman–Crippen LogP) is 2.35. The van der Waals surface area contributed by atoms with Gasteiger partial charge in [0, 0.05) is 11.9 Å². The van der Waals surface area contributed by atoms with E-state index in [0.717, 1.165) is 5.56 Å². The van der Waals surface area contributed by atoms with Gasteiger partial charge in [0.2, 0.25) is 0 Å². The van der Waals surface area contributed by atoms with Gasteiger partial charge in [-0.15, -0.1) is 11.3 Å². The van der Waals surface area contributed by atoms with Gasteiger partial charge in [0.15, 0.2) is 0 Å². The van der Waals surface area contributed by atoms with Gasteiger partial charge in [0.25, 0.3) is 5.91 Å². The van der Waals surface area contributed by atoms with Crippen LogP contribution in [0.25, 0.3) is 0 Å². The summed E-state index contributed by atoms with van der Waals surface area (Å²) in [5, 5.41) is 1.67. The maximum Gasteiger partial charge on any atom is 0.328 e. The molecule has 1 heterocycles. The smallest absolute Gasteiger partial charge is 0.328 e. The molecule has 1 atom stereocenters. The number of thiazole rings is 1. The van der Waals surface area contributed by atoms with Gasteiger partial charge in [-0.3, -0.25) is 4.79 Å². The van der Waals surface area contributed by atoms with E-state index < -0.39 is 12.0 Å². The van der Waals surface area contributed by atoms with Crippen molar-refractivity contribution in [3.63, 3.8) is 0 Å². The van der Waals surface area contributed by atoms with Crippen LogP contribution in [0.2, 0.25) is 0 Å². The molecule has 21 heavy (non-hydrogen) atoms. The van der Waals surface area contributed by atoms with Crippen LogP contribution >= 0.6 is 11.3 Å². The molecule has 0 spiro atoms. The van der Waals surface area contributed by atoms with Gasteiger partial charge < -0.3 is 9.64 Å². The summed E-state index contributed by atoms with van der Waals surface area (Å²) in [7, 11) is 1.31. The molecule has 0 saturated heterocycles. The fraction of sp³-hybridized carbons (Fsp3) is 0.267. The van der Waals surface area contributed by atoms with Crippen LogP contribution in [0.3, 0.4) is 0 Å². The lowest BCUT2D eigenvalue weighted by molar-refractivity contribution is -0.145. The molecule has 0 bridgehead atoms. The molecule has 0 radical (unpaired) electrons. The molecule has 0 saturated carbocycles. The fourth-order valence-corrected chi connectivity index (χ4v) is 2.45. The first-order valence-corrected chi connectivity index (χ1v) is 7.38. The Kier molecular flexibility index (Phi) is 5.05. The van der Waals surface area contributed by atoms with Crippen molar-refractivity contribution < 1.29 is 14.3 Å². The van der Waals surface area contributed by atoms with Gasteiger partial charge in [-0.2, -0.15) is 0 Å². The molecule has 6 heteroatoms. The highest BCUT2D eigenvalue weighted by molar-refractivity contribution is 7.07. The van der Waals surface area contributed by atoms with Crippen molar-refractivity contribution in [3.8, 4) is 0 Å². The van der Waals surface area contributed by atoms with E-state index in [4.69, 9.17) is 4.74 Å². The van der Waals surface area contributed by atoms with E-state index in [1.807, 2.05) is 30.3 Å². The van der Waals surface area contributed by atoms with Crippen LogP contribution in [0.1, 0.15) is 23.0 Å². The molecule has 2 aromatic rings. The molecule has 0 N–H and O–H groups in total. The quantitative estimate of drug-likeness (QED) is 0.796. The minimum atomic E-state index is -0.676.